The van der Waals surface area contributed by atoms with E-state index in [4.69, 9.17) is 18.0 Å². The number of carbonyl (C=O) groups excluding carboxylic acids is 1. The molecule has 1 saturated heterocycles. The molecular formula is C10H18N2O4S2. The minimum atomic E-state index is -3.78. The average Bonchev–Trinajstić information content (AvgIpc) is 2.36. The van der Waals surface area contributed by atoms with Gasteiger partial charge >= 0.3 is 5.97 Å². The zero-order valence-corrected chi connectivity index (χ0v) is 12.1. The van der Waals surface area contributed by atoms with Crippen LogP contribution in [0.2, 0.25) is 0 Å². The summed E-state index contributed by atoms with van der Waals surface area (Å²) in [6.07, 6.45) is 2.22. The summed E-state index contributed by atoms with van der Waals surface area (Å²) in [5.41, 5.74) is 5.57. The number of nitrogens with zero attached hydrogens (tertiary/aromatic N) is 1. The van der Waals surface area contributed by atoms with Gasteiger partial charge in [0.15, 0.2) is 5.25 Å². The third-order valence-electron chi connectivity index (χ3n) is 3.09. The molecule has 104 valence electrons. The van der Waals surface area contributed by atoms with Crippen molar-refractivity contribution in [1.29, 1.82) is 0 Å². The largest absolute Gasteiger partial charge is 0.468 e. The number of thiocarbonyl (C=S) groups is 1. The van der Waals surface area contributed by atoms with E-state index in [0.717, 1.165) is 20.0 Å². The minimum absolute atomic E-state index is 0.148. The second-order valence-electron chi connectivity index (χ2n) is 4.23. The van der Waals surface area contributed by atoms with Gasteiger partial charge in [0, 0.05) is 6.54 Å². The third-order valence-corrected chi connectivity index (χ3v) is 5.54. The summed E-state index contributed by atoms with van der Waals surface area (Å²) in [5, 5.41) is -1.24. The quantitative estimate of drug-likeness (QED) is 0.580. The van der Waals surface area contributed by atoms with Crippen LogP contribution in [0.4, 0.5) is 0 Å². The molecule has 1 aliphatic heterocycles. The molecule has 0 aromatic heterocycles. The van der Waals surface area contributed by atoms with Crippen LogP contribution in [0, 0.1) is 0 Å². The average molecular weight is 294 g/mol. The Kier molecular flexibility index (Phi) is 5.06. The van der Waals surface area contributed by atoms with Gasteiger partial charge in [0.1, 0.15) is 0 Å². The highest BCUT2D eigenvalue weighted by atomic mass is 32.2. The molecule has 0 aromatic rings. The van der Waals surface area contributed by atoms with Gasteiger partial charge in [-0.1, -0.05) is 18.6 Å². The standard InChI is InChI=1S/C10H18N2O4S2/c1-7(10(13)16-2)18(14,15)12-6-4-3-5-8(12)9(11)17/h7-8H,3-6H2,1-2H3,(H2,11,17). The van der Waals surface area contributed by atoms with Gasteiger partial charge < -0.3 is 10.5 Å². The maximum atomic E-state index is 12.3. The normalized spacial score (nSPS) is 23.3. The van der Waals surface area contributed by atoms with Crippen molar-refractivity contribution in [2.24, 2.45) is 5.73 Å². The van der Waals surface area contributed by atoms with Crippen molar-refractivity contribution < 1.29 is 17.9 Å². The van der Waals surface area contributed by atoms with Gasteiger partial charge in [0.2, 0.25) is 10.0 Å². The molecule has 1 fully saturated rings. The van der Waals surface area contributed by atoms with Crippen LogP contribution >= 0.6 is 12.2 Å². The van der Waals surface area contributed by atoms with Crippen LogP contribution in [0.1, 0.15) is 26.2 Å². The first-order valence-electron chi connectivity index (χ1n) is 5.70. The molecular weight excluding hydrogens is 276 g/mol. The highest BCUT2D eigenvalue weighted by Crippen LogP contribution is 2.23. The van der Waals surface area contributed by atoms with E-state index in [1.807, 2.05) is 0 Å². The van der Waals surface area contributed by atoms with Gasteiger partial charge in [0.05, 0.1) is 18.1 Å². The highest BCUT2D eigenvalue weighted by molar-refractivity contribution is 7.90. The first-order valence-corrected chi connectivity index (χ1v) is 7.61. The van der Waals surface area contributed by atoms with Gasteiger partial charge in [-0.25, -0.2) is 8.42 Å². The Bertz CT molecular complexity index is 435. The zero-order chi connectivity index (χ0) is 13.9. The van der Waals surface area contributed by atoms with E-state index in [1.54, 1.807) is 0 Å². The van der Waals surface area contributed by atoms with Crippen molar-refractivity contribution in [3.8, 4) is 0 Å². The van der Waals surface area contributed by atoms with E-state index >= 15 is 0 Å². The Morgan fingerprint density at radius 2 is 2.11 bits per heavy atom. The smallest absolute Gasteiger partial charge is 0.325 e. The number of nitrogens with two attached hydrogens (primary N) is 1. The second-order valence-corrected chi connectivity index (χ2v) is 6.91. The Hall–Kier alpha value is -0.730. The highest BCUT2D eigenvalue weighted by Gasteiger charge is 2.40. The Morgan fingerprint density at radius 3 is 2.61 bits per heavy atom. The summed E-state index contributed by atoms with van der Waals surface area (Å²) < 4.78 is 30.3. The monoisotopic (exact) mass is 294 g/mol. The molecule has 0 aliphatic carbocycles. The summed E-state index contributed by atoms with van der Waals surface area (Å²) in [5.74, 6) is -0.776. The lowest BCUT2D eigenvalue weighted by molar-refractivity contribution is -0.139. The molecule has 6 nitrogen and oxygen atoms in total. The van der Waals surface area contributed by atoms with Crippen LogP contribution in [-0.2, 0) is 19.6 Å². The number of piperidine rings is 1. The summed E-state index contributed by atoms with van der Waals surface area (Å²) in [6, 6.07) is -0.495. The predicted molar refractivity (Wildman–Crippen MR) is 71.5 cm³/mol. The number of ether oxygens (including phenoxy) is 1. The van der Waals surface area contributed by atoms with Gasteiger partial charge in [-0.15, -0.1) is 0 Å². The molecule has 0 saturated carbocycles. The van der Waals surface area contributed by atoms with Crippen LogP contribution in [-0.4, -0.2) is 48.6 Å². The topological polar surface area (TPSA) is 89.7 Å². The number of methoxy groups -OCH3 is 1. The fraction of sp³-hybridized carbons (Fsp3) is 0.800. The van der Waals surface area contributed by atoms with Gasteiger partial charge in [-0.05, 0) is 19.8 Å². The maximum absolute atomic E-state index is 12.3. The number of rotatable bonds is 4. The number of hydrogen-bond donors (Lipinski definition) is 1. The van der Waals surface area contributed by atoms with Crippen molar-refractivity contribution >= 4 is 33.2 Å². The Morgan fingerprint density at radius 1 is 1.50 bits per heavy atom. The van der Waals surface area contributed by atoms with E-state index in [1.165, 1.54) is 11.2 Å². The molecule has 1 aliphatic rings. The first kappa shape index (κ1) is 15.3. The third kappa shape index (κ3) is 2.99. The summed E-state index contributed by atoms with van der Waals surface area (Å²) in [7, 11) is -2.61. The number of hydrogen-bond acceptors (Lipinski definition) is 5. The molecule has 2 atom stereocenters. The number of esters is 1. The van der Waals surface area contributed by atoms with Crippen LogP contribution in [0.25, 0.3) is 0 Å². The lowest BCUT2D eigenvalue weighted by Crippen LogP contribution is -2.53. The van der Waals surface area contributed by atoms with Crippen LogP contribution in [0.3, 0.4) is 0 Å². The molecule has 8 heteroatoms. The van der Waals surface area contributed by atoms with Gasteiger partial charge in [0.25, 0.3) is 0 Å². The summed E-state index contributed by atoms with van der Waals surface area (Å²) in [6.45, 7) is 1.65. The number of carbonyl (C=O) groups is 1. The first-order chi connectivity index (χ1) is 8.32. The van der Waals surface area contributed by atoms with Crippen molar-refractivity contribution in [1.82, 2.24) is 4.31 Å². The SMILES string of the molecule is COC(=O)C(C)S(=O)(=O)N1CCCCC1C(N)=S. The minimum Gasteiger partial charge on any atom is -0.468 e. The summed E-state index contributed by atoms with van der Waals surface area (Å²) >= 11 is 4.90. The van der Waals surface area contributed by atoms with Crippen molar-refractivity contribution in [2.45, 2.75) is 37.5 Å². The molecule has 0 spiro atoms. The van der Waals surface area contributed by atoms with Crippen LogP contribution < -0.4 is 5.73 Å². The molecule has 0 bridgehead atoms. The van der Waals surface area contributed by atoms with Crippen LogP contribution in [0.15, 0.2) is 0 Å². The molecule has 1 rings (SSSR count). The Balaban J connectivity index is 3.01. The molecule has 0 amide bonds. The van der Waals surface area contributed by atoms with Gasteiger partial charge in [-0.3, -0.25) is 4.79 Å². The van der Waals surface area contributed by atoms with E-state index < -0.39 is 27.3 Å². The lowest BCUT2D eigenvalue weighted by atomic mass is 10.1. The van der Waals surface area contributed by atoms with E-state index in [2.05, 4.69) is 4.74 Å². The predicted octanol–water partition coefficient (Wildman–Crippen LogP) is 0.0183. The molecule has 2 unspecified atom stereocenters. The van der Waals surface area contributed by atoms with Crippen molar-refractivity contribution in [3.05, 3.63) is 0 Å². The van der Waals surface area contributed by atoms with Gasteiger partial charge in [-0.2, -0.15) is 4.31 Å². The Labute approximate surface area is 113 Å². The lowest BCUT2D eigenvalue weighted by Gasteiger charge is -2.35. The molecule has 2 N–H and O–H groups in total. The van der Waals surface area contributed by atoms with Crippen molar-refractivity contribution in [2.75, 3.05) is 13.7 Å². The fourth-order valence-electron chi connectivity index (χ4n) is 1.98. The maximum Gasteiger partial charge on any atom is 0.325 e. The molecule has 1 heterocycles. The summed E-state index contributed by atoms with van der Waals surface area (Å²) in [4.78, 5) is 11.5. The zero-order valence-electron chi connectivity index (χ0n) is 10.5. The van der Waals surface area contributed by atoms with Crippen LogP contribution in [0.5, 0.6) is 0 Å². The number of sulfonamides is 1. The molecule has 0 aromatic carbocycles. The van der Waals surface area contributed by atoms with E-state index in [-0.39, 0.29) is 4.99 Å². The fourth-order valence-corrected chi connectivity index (χ4v) is 4.00. The molecule has 18 heavy (non-hydrogen) atoms. The van der Waals surface area contributed by atoms with E-state index in [0.29, 0.717) is 13.0 Å². The second kappa shape index (κ2) is 5.94. The van der Waals surface area contributed by atoms with Crippen molar-refractivity contribution in [3.63, 3.8) is 0 Å². The van der Waals surface area contributed by atoms with E-state index in [9.17, 15) is 13.2 Å². The molecule has 0 radical (unpaired) electrons.